The van der Waals surface area contributed by atoms with Gasteiger partial charge in [-0.15, -0.1) is 24.0 Å². The van der Waals surface area contributed by atoms with Gasteiger partial charge in [-0.1, -0.05) is 18.2 Å². The van der Waals surface area contributed by atoms with Crippen LogP contribution in [0.2, 0.25) is 0 Å². The molecule has 0 aliphatic carbocycles. The summed E-state index contributed by atoms with van der Waals surface area (Å²) in [6.45, 7) is 8.83. The number of aryl methyl sites for hydroxylation is 1. The molecule has 1 saturated heterocycles. The number of sulfonamides is 1. The minimum absolute atomic E-state index is 0. The molecule has 1 aliphatic heterocycles. The minimum Gasteiger partial charge on any atom is -0.489 e. The normalized spacial score (nSPS) is 17.8. The van der Waals surface area contributed by atoms with Crippen LogP contribution in [0.5, 0.6) is 5.75 Å². The van der Waals surface area contributed by atoms with E-state index in [0.717, 1.165) is 17.9 Å². The van der Waals surface area contributed by atoms with Gasteiger partial charge in [0.25, 0.3) is 0 Å². The molecule has 27 heavy (non-hydrogen) atoms. The Balaban J connectivity index is 0.00000364. The van der Waals surface area contributed by atoms with Gasteiger partial charge < -0.3 is 15.4 Å². The lowest BCUT2D eigenvalue weighted by atomic mass is 10.2. The maximum Gasteiger partial charge on any atom is 0.214 e. The van der Waals surface area contributed by atoms with Gasteiger partial charge in [0, 0.05) is 26.2 Å². The Hall–Kier alpha value is -1.07. The Morgan fingerprint density at radius 3 is 2.70 bits per heavy atom. The van der Waals surface area contributed by atoms with E-state index >= 15 is 0 Å². The molecule has 0 saturated carbocycles. The Labute approximate surface area is 180 Å². The van der Waals surface area contributed by atoms with Crippen molar-refractivity contribution in [3.05, 3.63) is 29.8 Å². The smallest absolute Gasteiger partial charge is 0.214 e. The summed E-state index contributed by atoms with van der Waals surface area (Å²) in [5, 5.41) is 6.37. The molecule has 2 rings (SSSR count). The SMILES string of the molecule is CCNC(=NCC(C)Oc1ccccc1C)NCCN1CCCS1(=O)=O.I. The molecule has 1 aromatic carbocycles. The van der Waals surface area contributed by atoms with Crippen LogP contribution < -0.4 is 15.4 Å². The predicted molar refractivity (Wildman–Crippen MR) is 121 cm³/mol. The maximum atomic E-state index is 11.8. The highest BCUT2D eigenvalue weighted by Gasteiger charge is 2.27. The van der Waals surface area contributed by atoms with Crippen molar-refractivity contribution in [2.45, 2.75) is 33.3 Å². The average Bonchev–Trinajstić information content (AvgIpc) is 2.93. The third kappa shape index (κ3) is 7.82. The summed E-state index contributed by atoms with van der Waals surface area (Å²) in [4.78, 5) is 4.54. The molecule has 1 heterocycles. The van der Waals surface area contributed by atoms with Gasteiger partial charge in [0.05, 0.1) is 12.3 Å². The summed E-state index contributed by atoms with van der Waals surface area (Å²) in [7, 11) is -3.05. The Morgan fingerprint density at radius 2 is 2.07 bits per heavy atom. The molecule has 1 aliphatic rings. The monoisotopic (exact) mass is 510 g/mol. The van der Waals surface area contributed by atoms with E-state index in [1.165, 1.54) is 4.31 Å². The molecule has 9 heteroatoms. The van der Waals surface area contributed by atoms with Gasteiger partial charge in [0.1, 0.15) is 11.9 Å². The van der Waals surface area contributed by atoms with Crippen molar-refractivity contribution in [3.63, 3.8) is 0 Å². The number of halogens is 1. The molecule has 1 aromatic rings. The molecule has 7 nitrogen and oxygen atoms in total. The van der Waals surface area contributed by atoms with Crippen molar-refractivity contribution in [2.24, 2.45) is 4.99 Å². The molecule has 2 N–H and O–H groups in total. The number of hydrogen-bond acceptors (Lipinski definition) is 4. The Morgan fingerprint density at radius 1 is 1.33 bits per heavy atom. The summed E-state index contributed by atoms with van der Waals surface area (Å²) < 4.78 is 31.1. The number of nitrogens with one attached hydrogen (secondary N) is 2. The number of rotatable bonds is 8. The lowest BCUT2D eigenvalue weighted by Crippen LogP contribution is -2.42. The number of ether oxygens (including phenoxy) is 1. The molecular weight excluding hydrogens is 479 g/mol. The van der Waals surface area contributed by atoms with Gasteiger partial charge >= 0.3 is 0 Å². The first-order chi connectivity index (χ1) is 12.4. The van der Waals surface area contributed by atoms with Crippen molar-refractivity contribution >= 4 is 40.0 Å². The molecule has 1 unspecified atom stereocenters. The van der Waals surface area contributed by atoms with E-state index < -0.39 is 10.0 Å². The quantitative estimate of drug-likeness (QED) is 0.318. The number of guanidine groups is 1. The molecule has 0 amide bonds. The zero-order valence-corrected chi connectivity index (χ0v) is 19.4. The summed E-state index contributed by atoms with van der Waals surface area (Å²) in [6.07, 6.45) is 0.648. The zero-order valence-electron chi connectivity index (χ0n) is 16.3. The summed E-state index contributed by atoms with van der Waals surface area (Å²) in [5.41, 5.74) is 1.10. The fraction of sp³-hybridized carbons (Fsp3) is 0.611. The van der Waals surface area contributed by atoms with Crippen LogP contribution in [0.3, 0.4) is 0 Å². The zero-order chi connectivity index (χ0) is 19.0. The Kier molecular flexibility index (Phi) is 10.4. The maximum absolute atomic E-state index is 11.8. The van der Waals surface area contributed by atoms with Gasteiger partial charge in [-0.25, -0.2) is 17.7 Å². The van der Waals surface area contributed by atoms with Crippen molar-refractivity contribution < 1.29 is 13.2 Å². The summed E-state index contributed by atoms with van der Waals surface area (Å²) in [5.74, 6) is 1.80. The van der Waals surface area contributed by atoms with E-state index in [9.17, 15) is 8.42 Å². The van der Waals surface area contributed by atoms with E-state index in [1.807, 2.05) is 45.0 Å². The van der Waals surface area contributed by atoms with Crippen LogP contribution in [-0.2, 0) is 10.0 Å². The number of aliphatic imine (C=N–C) groups is 1. The van der Waals surface area contributed by atoms with Gasteiger partial charge in [-0.05, 0) is 38.8 Å². The predicted octanol–water partition coefficient (Wildman–Crippen LogP) is 1.97. The standard InChI is InChI=1S/C18H30N4O3S.HI/c1-4-19-18(20-10-12-22-11-7-13-26(22,23)24)21-14-16(3)25-17-9-6-5-8-15(17)2;/h5-6,8-9,16H,4,7,10-14H2,1-3H3,(H2,19,20,21);1H. The first-order valence-corrected chi connectivity index (χ1v) is 10.8. The second kappa shape index (κ2) is 11.7. The van der Waals surface area contributed by atoms with E-state index in [0.29, 0.717) is 38.6 Å². The van der Waals surface area contributed by atoms with E-state index in [2.05, 4.69) is 15.6 Å². The third-order valence-electron chi connectivity index (χ3n) is 4.13. The van der Waals surface area contributed by atoms with Crippen LogP contribution in [0.15, 0.2) is 29.3 Å². The molecule has 1 fully saturated rings. The van der Waals surface area contributed by atoms with Gasteiger partial charge in [-0.3, -0.25) is 0 Å². The van der Waals surface area contributed by atoms with Crippen molar-refractivity contribution in [1.82, 2.24) is 14.9 Å². The average molecular weight is 510 g/mol. The van der Waals surface area contributed by atoms with Crippen LogP contribution in [0, 0.1) is 6.92 Å². The number of nitrogens with zero attached hydrogens (tertiary/aromatic N) is 2. The topological polar surface area (TPSA) is 83.0 Å². The van der Waals surface area contributed by atoms with Crippen LogP contribution in [-0.4, -0.2) is 63.3 Å². The number of para-hydroxylation sites is 1. The highest BCUT2D eigenvalue weighted by Crippen LogP contribution is 2.17. The Bertz CT molecular complexity index is 712. The van der Waals surface area contributed by atoms with E-state index in [4.69, 9.17) is 4.74 Å². The lowest BCUT2D eigenvalue weighted by Gasteiger charge is -2.18. The van der Waals surface area contributed by atoms with Crippen LogP contribution in [0.25, 0.3) is 0 Å². The summed E-state index contributed by atoms with van der Waals surface area (Å²) >= 11 is 0. The van der Waals surface area contributed by atoms with Crippen molar-refractivity contribution in [1.29, 1.82) is 0 Å². The van der Waals surface area contributed by atoms with Crippen molar-refractivity contribution in [2.75, 3.05) is 38.5 Å². The first kappa shape index (κ1) is 24.0. The highest BCUT2D eigenvalue weighted by atomic mass is 127. The molecule has 1 atom stereocenters. The van der Waals surface area contributed by atoms with Gasteiger partial charge in [-0.2, -0.15) is 0 Å². The third-order valence-corrected chi connectivity index (χ3v) is 6.09. The highest BCUT2D eigenvalue weighted by molar-refractivity contribution is 14.0. The number of benzene rings is 1. The molecular formula is C18H31IN4O3S. The van der Waals surface area contributed by atoms with Gasteiger partial charge in [0.2, 0.25) is 10.0 Å². The molecule has 0 radical (unpaired) electrons. The number of hydrogen-bond donors (Lipinski definition) is 2. The lowest BCUT2D eigenvalue weighted by molar-refractivity contribution is 0.228. The van der Waals surface area contributed by atoms with E-state index in [1.54, 1.807) is 0 Å². The second-order valence-electron chi connectivity index (χ2n) is 6.41. The fourth-order valence-electron chi connectivity index (χ4n) is 2.75. The molecule has 0 spiro atoms. The largest absolute Gasteiger partial charge is 0.489 e. The van der Waals surface area contributed by atoms with Crippen LogP contribution in [0.4, 0.5) is 0 Å². The van der Waals surface area contributed by atoms with Gasteiger partial charge in [0.15, 0.2) is 5.96 Å². The van der Waals surface area contributed by atoms with E-state index in [-0.39, 0.29) is 35.8 Å². The second-order valence-corrected chi connectivity index (χ2v) is 8.50. The molecule has 0 aromatic heterocycles. The molecule has 0 bridgehead atoms. The minimum atomic E-state index is -3.05. The fourth-order valence-corrected chi connectivity index (χ4v) is 4.27. The molecule has 154 valence electrons. The van der Waals surface area contributed by atoms with Crippen LogP contribution in [0.1, 0.15) is 25.8 Å². The van der Waals surface area contributed by atoms with Crippen molar-refractivity contribution in [3.8, 4) is 5.75 Å². The van der Waals surface area contributed by atoms with Crippen LogP contribution >= 0.6 is 24.0 Å². The first-order valence-electron chi connectivity index (χ1n) is 9.14. The summed E-state index contributed by atoms with van der Waals surface area (Å²) in [6, 6.07) is 7.91.